The van der Waals surface area contributed by atoms with E-state index in [1.54, 1.807) is 37.3 Å². The molecule has 0 fully saturated rings. The minimum atomic E-state index is -3.81. The molecule has 0 saturated carbocycles. The van der Waals surface area contributed by atoms with Crippen LogP contribution in [0, 0.1) is 0 Å². The number of hydrogen-bond donors (Lipinski definition) is 1. The second-order valence-electron chi connectivity index (χ2n) is 6.44. The predicted molar refractivity (Wildman–Crippen MR) is 112 cm³/mol. The van der Waals surface area contributed by atoms with Crippen LogP contribution in [0.2, 0.25) is 0 Å². The zero-order chi connectivity index (χ0) is 21.4. The van der Waals surface area contributed by atoms with Crippen LogP contribution < -0.4 is 4.72 Å². The number of benzene rings is 2. The van der Waals surface area contributed by atoms with Gasteiger partial charge < -0.3 is 4.74 Å². The Morgan fingerprint density at radius 3 is 2.24 bits per heavy atom. The third-order valence-electron chi connectivity index (χ3n) is 4.09. The van der Waals surface area contributed by atoms with Crippen molar-refractivity contribution >= 4 is 42.6 Å². The SMILES string of the molecule is CCOC(=O)c1c(-c2ccccc2)n(S(C)(=O)=O)c2ccc(NS(C)(=O)=O)cc12. The number of nitrogens with one attached hydrogen (secondary N) is 1. The van der Waals surface area contributed by atoms with E-state index in [1.807, 2.05) is 0 Å². The number of esters is 1. The van der Waals surface area contributed by atoms with E-state index >= 15 is 0 Å². The monoisotopic (exact) mass is 436 g/mol. The second kappa shape index (κ2) is 7.53. The molecule has 8 nitrogen and oxygen atoms in total. The lowest BCUT2D eigenvalue weighted by molar-refractivity contribution is 0.0529. The summed E-state index contributed by atoms with van der Waals surface area (Å²) in [6.07, 6.45) is 2.04. The summed E-state index contributed by atoms with van der Waals surface area (Å²) < 4.78 is 57.1. The van der Waals surface area contributed by atoms with Crippen LogP contribution in [0.4, 0.5) is 5.69 Å². The molecule has 0 aliphatic carbocycles. The van der Waals surface area contributed by atoms with E-state index in [0.29, 0.717) is 5.56 Å². The highest BCUT2D eigenvalue weighted by Gasteiger charge is 2.28. The maximum atomic E-state index is 12.8. The molecule has 154 valence electrons. The standard InChI is InChI=1S/C19H20N2O6S2/c1-4-27-19(22)17-15-12-14(20-28(2,23)24)10-11-16(15)21(29(3,25)26)18(17)13-8-6-5-7-9-13/h5-12,20H,4H2,1-3H3. The van der Waals surface area contributed by atoms with Crippen molar-refractivity contribution in [1.29, 1.82) is 0 Å². The molecule has 10 heteroatoms. The van der Waals surface area contributed by atoms with Crippen molar-refractivity contribution in [2.75, 3.05) is 23.8 Å². The highest BCUT2D eigenvalue weighted by Crippen LogP contribution is 2.37. The Kier molecular flexibility index (Phi) is 5.42. The Bertz CT molecular complexity index is 1290. The summed E-state index contributed by atoms with van der Waals surface area (Å²) in [6, 6.07) is 12.9. The molecule has 29 heavy (non-hydrogen) atoms. The van der Waals surface area contributed by atoms with Gasteiger partial charge in [-0.05, 0) is 25.1 Å². The van der Waals surface area contributed by atoms with Gasteiger partial charge in [-0.2, -0.15) is 0 Å². The van der Waals surface area contributed by atoms with E-state index in [9.17, 15) is 21.6 Å². The van der Waals surface area contributed by atoms with Crippen LogP contribution in [-0.4, -0.2) is 45.9 Å². The molecule has 0 aliphatic heterocycles. The highest BCUT2D eigenvalue weighted by atomic mass is 32.2. The van der Waals surface area contributed by atoms with Gasteiger partial charge in [-0.3, -0.25) is 4.72 Å². The van der Waals surface area contributed by atoms with Crippen molar-refractivity contribution in [2.24, 2.45) is 0 Å². The van der Waals surface area contributed by atoms with Crippen LogP contribution in [-0.2, 0) is 24.8 Å². The van der Waals surface area contributed by atoms with Crippen LogP contribution in [0.3, 0.4) is 0 Å². The van der Waals surface area contributed by atoms with Crippen LogP contribution in [0.1, 0.15) is 17.3 Å². The molecular formula is C19H20N2O6S2. The smallest absolute Gasteiger partial charge is 0.341 e. The molecular weight excluding hydrogens is 416 g/mol. The van der Waals surface area contributed by atoms with Crippen molar-refractivity contribution in [3.05, 3.63) is 54.1 Å². The van der Waals surface area contributed by atoms with Crippen LogP contribution in [0.25, 0.3) is 22.2 Å². The van der Waals surface area contributed by atoms with Gasteiger partial charge in [0.1, 0.15) is 0 Å². The normalized spacial score (nSPS) is 12.1. The molecule has 0 saturated heterocycles. The summed E-state index contributed by atoms with van der Waals surface area (Å²) in [5, 5.41) is 0.265. The zero-order valence-electron chi connectivity index (χ0n) is 16.0. The lowest BCUT2D eigenvalue weighted by Gasteiger charge is -2.10. The van der Waals surface area contributed by atoms with Gasteiger partial charge in [-0.25, -0.2) is 25.6 Å². The number of aromatic nitrogens is 1. The fraction of sp³-hybridized carbons (Fsp3) is 0.211. The molecule has 0 unspecified atom stereocenters. The predicted octanol–water partition coefficient (Wildman–Crippen LogP) is 2.66. The molecule has 0 amide bonds. The van der Waals surface area contributed by atoms with Gasteiger partial charge in [-0.15, -0.1) is 0 Å². The Balaban J connectivity index is 2.47. The summed E-state index contributed by atoms with van der Waals surface area (Å²) in [6.45, 7) is 1.74. The summed E-state index contributed by atoms with van der Waals surface area (Å²) in [5.41, 5.74) is 1.17. The van der Waals surface area contributed by atoms with Gasteiger partial charge in [0.05, 0.1) is 35.9 Å². The van der Waals surface area contributed by atoms with Gasteiger partial charge >= 0.3 is 5.97 Å². The molecule has 0 spiro atoms. The number of rotatable bonds is 6. The number of nitrogens with zero attached hydrogens (tertiary/aromatic N) is 1. The second-order valence-corrected chi connectivity index (χ2v) is 10.0. The Labute approximate surface area is 169 Å². The Hall–Kier alpha value is -2.85. The maximum absolute atomic E-state index is 12.8. The molecule has 0 radical (unpaired) electrons. The van der Waals surface area contributed by atoms with Crippen molar-refractivity contribution in [2.45, 2.75) is 6.92 Å². The lowest BCUT2D eigenvalue weighted by atomic mass is 10.1. The molecule has 0 aliphatic rings. The Morgan fingerprint density at radius 1 is 1.03 bits per heavy atom. The number of carbonyl (C=O) groups excluding carboxylic acids is 1. The fourth-order valence-corrected chi connectivity index (χ4v) is 4.75. The molecule has 3 aromatic rings. The van der Waals surface area contributed by atoms with Crippen molar-refractivity contribution < 1.29 is 26.4 Å². The quantitative estimate of drug-likeness (QED) is 0.595. The first kappa shape index (κ1) is 20.9. The number of hydrogen-bond acceptors (Lipinski definition) is 6. The fourth-order valence-electron chi connectivity index (χ4n) is 3.15. The van der Waals surface area contributed by atoms with Crippen molar-refractivity contribution in [3.63, 3.8) is 0 Å². The lowest BCUT2D eigenvalue weighted by Crippen LogP contribution is -2.13. The molecule has 3 rings (SSSR count). The Morgan fingerprint density at radius 2 is 1.69 bits per heavy atom. The number of anilines is 1. The van der Waals surface area contributed by atoms with Crippen LogP contribution in [0.5, 0.6) is 0 Å². The molecule has 0 atom stereocenters. The van der Waals surface area contributed by atoms with Gasteiger partial charge in [0, 0.05) is 16.6 Å². The molecule has 0 bridgehead atoms. The van der Waals surface area contributed by atoms with E-state index in [4.69, 9.17) is 4.74 Å². The first-order chi connectivity index (χ1) is 13.5. The molecule has 1 aromatic heterocycles. The third kappa shape index (κ3) is 4.28. The average Bonchev–Trinajstić information content (AvgIpc) is 2.96. The summed E-state index contributed by atoms with van der Waals surface area (Å²) >= 11 is 0. The third-order valence-corrected chi connectivity index (χ3v) is 5.74. The average molecular weight is 437 g/mol. The maximum Gasteiger partial charge on any atom is 0.341 e. The minimum Gasteiger partial charge on any atom is -0.462 e. The van der Waals surface area contributed by atoms with Crippen molar-refractivity contribution in [3.8, 4) is 11.3 Å². The van der Waals surface area contributed by atoms with E-state index in [1.165, 1.54) is 18.2 Å². The number of carbonyl (C=O) groups is 1. The summed E-state index contributed by atoms with van der Waals surface area (Å²) in [5.74, 6) is -0.699. The molecule has 1 N–H and O–H groups in total. The van der Waals surface area contributed by atoms with E-state index in [-0.39, 0.29) is 34.5 Å². The van der Waals surface area contributed by atoms with Gasteiger partial charge in [0.25, 0.3) is 0 Å². The summed E-state index contributed by atoms with van der Waals surface area (Å²) in [4.78, 5) is 12.8. The first-order valence-electron chi connectivity index (χ1n) is 8.62. The van der Waals surface area contributed by atoms with Gasteiger partial charge in [0.2, 0.25) is 20.0 Å². The topological polar surface area (TPSA) is 112 Å². The highest BCUT2D eigenvalue weighted by molar-refractivity contribution is 7.92. The van der Waals surface area contributed by atoms with Gasteiger partial charge in [0.15, 0.2) is 0 Å². The van der Waals surface area contributed by atoms with Crippen LogP contribution in [0.15, 0.2) is 48.5 Å². The van der Waals surface area contributed by atoms with E-state index in [2.05, 4.69) is 4.72 Å². The van der Waals surface area contributed by atoms with Crippen LogP contribution >= 0.6 is 0 Å². The number of fused-ring (bicyclic) bond motifs is 1. The zero-order valence-corrected chi connectivity index (χ0v) is 17.7. The van der Waals surface area contributed by atoms with Gasteiger partial charge in [-0.1, -0.05) is 30.3 Å². The number of ether oxygens (including phenoxy) is 1. The minimum absolute atomic E-state index is 0.0515. The largest absolute Gasteiger partial charge is 0.462 e. The summed E-state index contributed by atoms with van der Waals surface area (Å²) in [7, 11) is -7.38. The molecule has 2 aromatic carbocycles. The number of sulfonamides is 1. The first-order valence-corrected chi connectivity index (χ1v) is 12.4. The van der Waals surface area contributed by atoms with E-state index < -0.39 is 26.0 Å². The molecule has 1 heterocycles. The van der Waals surface area contributed by atoms with E-state index in [0.717, 1.165) is 16.5 Å². The van der Waals surface area contributed by atoms with Crippen molar-refractivity contribution in [1.82, 2.24) is 3.97 Å².